The highest BCUT2D eigenvalue weighted by Crippen LogP contribution is 2.16. The van der Waals surface area contributed by atoms with E-state index in [1.807, 2.05) is 0 Å². The Balaban J connectivity index is 2.69. The smallest absolute Gasteiger partial charge is 0.308 e. The Morgan fingerprint density at radius 3 is 2.52 bits per heavy atom. The number of carbonyl (C=O) groups excluding carboxylic acids is 1. The van der Waals surface area contributed by atoms with Crippen molar-refractivity contribution in [3.05, 3.63) is 17.5 Å². The van der Waals surface area contributed by atoms with Crippen LogP contribution >= 0.6 is 11.3 Å². The lowest BCUT2D eigenvalue weighted by Crippen LogP contribution is -2.46. The van der Waals surface area contributed by atoms with Gasteiger partial charge in [-0.05, 0) is 18.4 Å². The fourth-order valence-corrected chi connectivity index (χ4v) is 3.87. The van der Waals surface area contributed by atoms with Crippen LogP contribution in [0.3, 0.4) is 0 Å². The second-order valence-corrected chi connectivity index (χ2v) is 7.62. The molecule has 9 heteroatoms. The standard InChI is InChI=1S/C12H18N2O5S2/c1-8(12(16)17)7-14(3)11(15)9(2)13-21(18,19)10-5-4-6-20-10/h4-6,8-9,13H,7H2,1-3H3,(H,16,17). The first-order chi connectivity index (χ1) is 9.65. The highest BCUT2D eigenvalue weighted by Gasteiger charge is 2.26. The molecular weight excluding hydrogens is 316 g/mol. The SMILES string of the molecule is CC(CN(C)C(=O)C(C)NS(=O)(=O)c1cccs1)C(=O)O. The van der Waals surface area contributed by atoms with Crippen molar-refractivity contribution in [2.24, 2.45) is 5.92 Å². The summed E-state index contributed by atoms with van der Waals surface area (Å²) in [5, 5.41) is 10.4. The number of hydrogen-bond acceptors (Lipinski definition) is 5. The number of likely N-dealkylation sites (N-methyl/N-ethyl adjacent to an activating group) is 1. The van der Waals surface area contributed by atoms with Crippen molar-refractivity contribution in [1.82, 2.24) is 9.62 Å². The van der Waals surface area contributed by atoms with E-state index in [0.717, 1.165) is 11.3 Å². The number of carboxylic acid groups (broad SMARTS) is 1. The average molecular weight is 334 g/mol. The van der Waals surface area contributed by atoms with E-state index in [9.17, 15) is 18.0 Å². The van der Waals surface area contributed by atoms with Gasteiger partial charge in [0.15, 0.2) is 0 Å². The van der Waals surface area contributed by atoms with Crippen LogP contribution in [0.25, 0.3) is 0 Å². The molecule has 0 aliphatic heterocycles. The van der Waals surface area contributed by atoms with Crippen LogP contribution < -0.4 is 4.72 Å². The average Bonchev–Trinajstić information content (AvgIpc) is 2.91. The van der Waals surface area contributed by atoms with Crippen LogP contribution in [0.2, 0.25) is 0 Å². The summed E-state index contributed by atoms with van der Waals surface area (Å²) in [5.41, 5.74) is 0. The van der Waals surface area contributed by atoms with Crippen LogP contribution in [0, 0.1) is 5.92 Å². The van der Waals surface area contributed by atoms with E-state index < -0.39 is 33.9 Å². The third-order valence-electron chi connectivity index (χ3n) is 2.81. The first-order valence-electron chi connectivity index (χ1n) is 6.18. The number of rotatable bonds is 7. The van der Waals surface area contributed by atoms with Crippen LogP contribution in [0.15, 0.2) is 21.7 Å². The maximum absolute atomic E-state index is 12.1. The number of amides is 1. The number of carboxylic acids is 1. The normalized spacial score (nSPS) is 14.4. The minimum Gasteiger partial charge on any atom is -0.481 e. The van der Waals surface area contributed by atoms with Crippen molar-refractivity contribution in [2.45, 2.75) is 24.1 Å². The van der Waals surface area contributed by atoms with Crippen molar-refractivity contribution < 1.29 is 23.1 Å². The fourth-order valence-electron chi connectivity index (χ4n) is 1.67. The molecule has 7 nitrogen and oxygen atoms in total. The monoisotopic (exact) mass is 334 g/mol. The summed E-state index contributed by atoms with van der Waals surface area (Å²) in [6.07, 6.45) is 0. The third kappa shape index (κ3) is 4.80. The predicted molar refractivity (Wildman–Crippen MR) is 78.5 cm³/mol. The lowest BCUT2D eigenvalue weighted by Gasteiger charge is -2.23. The van der Waals surface area contributed by atoms with Crippen LogP contribution in [0.5, 0.6) is 0 Å². The van der Waals surface area contributed by atoms with Crippen molar-refractivity contribution >= 4 is 33.2 Å². The number of carbonyl (C=O) groups is 2. The molecule has 0 spiro atoms. The molecule has 0 bridgehead atoms. The third-order valence-corrected chi connectivity index (χ3v) is 5.75. The molecule has 0 aromatic carbocycles. The number of hydrogen-bond donors (Lipinski definition) is 2. The zero-order chi connectivity index (χ0) is 16.2. The lowest BCUT2D eigenvalue weighted by atomic mass is 10.1. The summed E-state index contributed by atoms with van der Waals surface area (Å²) in [5.74, 6) is -2.22. The number of aliphatic carboxylic acids is 1. The fraction of sp³-hybridized carbons (Fsp3) is 0.500. The van der Waals surface area contributed by atoms with E-state index in [2.05, 4.69) is 4.72 Å². The quantitative estimate of drug-likeness (QED) is 0.760. The molecule has 2 N–H and O–H groups in total. The molecule has 1 heterocycles. The van der Waals surface area contributed by atoms with Crippen LogP contribution in [-0.2, 0) is 19.6 Å². The van der Waals surface area contributed by atoms with Gasteiger partial charge in [0.05, 0.1) is 12.0 Å². The minimum atomic E-state index is -3.73. The summed E-state index contributed by atoms with van der Waals surface area (Å²) in [6.45, 7) is 2.92. The van der Waals surface area contributed by atoms with Crippen molar-refractivity contribution in [1.29, 1.82) is 0 Å². The number of thiophene rings is 1. The molecule has 21 heavy (non-hydrogen) atoms. The number of sulfonamides is 1. The van der Waals surface area contributed by atoms with Crippen molar-refractivity contribution in [3.8, 4) is 0 Å². The maximum Gasteiger partial charge on any atom is 0.308 e. The molecule has 1 amide bonds. The zero-order valence-corrected chi connectivity index (χ0v) is 13.6. The molecular formula is C12H18N2O5S2. The molecule has 0 saturated heterocycles. The van der Waals surface area contributed by atoms with E-state index in [1.54, 1.807) is 11.4 Å². The summed E-state index contributed by atoms with van der Waals surface area (Å²) in [7, 11) is -2.29. The highest BCUT2D eigenvalue weighted by atomic mass is 32.2. The Morgan fingerprint density at radius 2 is 2.05 bits per heavy atom. The van der Waals surface area contributed by atoms with E-state index in [1.165, 1.54) is 31.9 Å². The molecule has 0 aliphatic rings. The molecule has 0 radical (unpaired) electrons. The molecule has 0 saturated carbocycles. The van der Waals surface area contributed by atoms with E-state index >= 15 is 0 Å². The van der Waals surface area contributed by atoms with Gasteiger partial charge in [0.25, 0.3) is 10.0 Å². The second-order valence-electron chi connectivity index (χ2n) is 4.73. The van der Waals surface area contributed by atoms with E-state index in [4.69, 9.17) is 5.11 Å². The molecule has 118 valence electrons. The van der Waals surface area contributed by atoms with Gasteiger partial charge in [-0.1, -0.05) is 13.0 Å². The molecule has 1 aromatic heterocycles. The van der Waals surface area contributed by atoms with Crippen LogP contribution in [-0.4, -0.2) is 49.9 Å². The minimum absolute atomic E-state index is 0.0131. The van der Waals surface area contributed by atoms with Crippen LogP contribution in [0.4, 0.5) is 0 Å². The molecule has 2 unspecified atom stereocenters. The molecule has 0 fully saturated rings. The van der Waals surface area contributed by atoms with Gasteiger partial charge in [0, 0.05) is 13.6 Å². The molecule has 1 rings (SSSR count). The maximum atomic E-state index is 12.1. The molecule has 1 aromatic rings. The van der Waals surface area contributed by atoms with E-state index in [0.29, 0.717) is 0 Å². The van der Waals surface area contributed by atoms with Crippen molar-refractivity contribution in [3.63, 3.8) is 0 Å². The van der Waals surface area contributed by atoms with Gasteiger partial charge in [-0.25, -0.2) is 8.42 Å². The highest BCUT2D eigenvalue weighted by molar-refractivity contribution is 7.91. The van der Waals surface area contributed by atoms with Gasteiger partial charge in [-0.15, -0.1) is 11.3 Å². The Hall–Kier alpha value is -1.45. The van der Waals surface area contributed by atoms with Gasteiger partial charge in [-0.3, -0.25) is 9.59 Å². The number of nitrogens with zero attached hydrogens (tertiary/aromatic N) is 1. The van der Waals surface area contributed by atoms with Crippen LogP contribution in [0.1, 0.15) is 13.8 Å². The summed E-state index contributed by atoms with van der Waals surface area (Å²) in [4.78, 5) is 24.0. The Labute approximate surface area is 127 Å². The number of nitrogens with one attached hydrogen (secondary N) is 1. The summed E-state index contributed by atoms with van der Waals surface area (Å²) < 4.78 is 26.4. The van der Waals surface area contributed by atoms with E-state index in [-0.39, 0.29) is 10.8 Å². The Morgan fingerprint density at radius 1 is 1.43 bits per heavy atom. The first kappa shape index (κ1) is 17.6. The van der Waals surface area contributed by atoms with Gasteiger partial charge < -0.3 is 10.0 Å². The molecule has 2 atom stereocenters. The predicted octanol–water partition coefficient (Wildman–Crippen LogP) is 0.594. The molecule has 0 aliphatic carbocycles. The van der Waals surface area contributed by atoms with Gasteiger partial charge in [-0.2, -0.15) is 4.72 Å². The first-order valence-corrected chi connectivity index (χ1v) is 8.55. The summed E-state index contributed by atoms with van der Waals surface area (Å²) >= 11 is 1.05. The lowest BCUT2D eigenvalue weighted by molar-refractivity contribution is -0.142. The topological polar surface area (TPSA) is 104 Å². The second kappa shape index (κ2) is 7.01. The largest absolute Gasteiger partial charge is 0.481 e. The zero-order valence-electron chi connectivity index (χ0n) is 11.9. The van der Waals surface area contributed by atoms with Crippen molar-refractivity contribution in [2.75, 3.05) is 13.6 Å². The van der Waals surface area contributed by atoms with Gasteiger partial charge in [0.1, 0.15) is 4.21 Å². The Bertz CT molecular complexity index is 597. The van der Waals surface area contributed by atoms with Gasteiger partial charge >= 0.3 is 5.97 Å². The summed E-state index contributed by atoms with van der Waals surface area (Å²) in [6, 6.07) is 2.08. The van der Waals surface area contributed by atoms with Gasteiger partial charge in [0.2, 0.25) is 5.91 Å². The Kier molecular flexibility index (Phi) is 5.87.